The van der Waals surface area contributed by atoms with Crippen molar-refractivity contribution < 1.29 is 4.21 Å². The second kappa shape index (κ2) is 6.19. The SMILES string of the molecule is CC(C)(C)C(NC1CCS(=O)CC1)c1ccccc1. The summed E-state index contributed by atoms with van der Waals surface area (Å²) < 4.78 is 11.4. The van der Waals surface area contributed by atoms with Crippen molar-refractivity contribution in [1.82, 2.24) is 5.32 Å². The molecule has 0 radical (unpaired) electrons. The van der Waals surface area contributed by atoms with Gasteiger partial charge in [0, 0.05) is 34.4 Å². The zero-order valence-corrected chi connectivity index (χ0v) is 13.0. The van der Waals surface area contributed by atoms with Crippen LogP contribution in [0.1, 0.15) is 45.2 Å². The molecule has 1 unspecified atom stereocenters. The fourth-order valence-corrected chi connectivity index (χ4v) is 3.99. The van der Waals surface area contributed by atoms with Crippen LogP contribution >= 0.6 is 0 Å². The maximum Gasteiger partial charge on any atom is 0.0371 e. The first-order valence-electron chi connectivity index (χ1n) is 7.13. The van der Waals surface area contributed by atoms with Crippen molar-refractivity contribution in [1.29, 1.82) is 0 Å². The van der Waals surface area contributed by atoms with E-state index in [-0.39, 0.29) is 5.41 Å². The van der Waals surface area contributed by atoms with E-state index in [1.807, 2.05) is 0 Å². The van der Waals surface area contributed by atoms with E-state index in [1.54, 1.807) is 0 Å². The van der Waals surface area contributed by atoms with Gasteiger partial charge in [-0.05, 0) is 23.8 Å². The van der Waals surface area contributed by atoms with Gasteiger partial charge in [-0.15, -0.1) is 0 Å². The van der Waals surface area contributed by atoms with Crippen LogP contribution in [0, 0.1) is 5.41 Å². The van der Waals surface area contributed by atoms with Gasteiger partial charge in [0.2, 0.25) is 0 Å². The van der Waals surface area contributed by atoms with Crippen LogP contribution in [0.25, 0.3) is 0 Å². The Hall–Kier alpha value is -0.670. The van der Waals surface area contributed by atoms with Crippen molar-refractivity contribution in [2.45, 2.75) is 45.7 Å². The smallest absolute Gasteiger partial charge is 0.0371 e. The highest BCUT2D eigenvalue weighted by atomic mass is 32.2. The van der Waals surface area contributed by atoms with Gasteiger partial charge in [0.15, 0.2) is 0 Å². The summed E-state index contributed by atoms with van der Waals surface area (Å²) in [5.41, 5.74) is 1.53. The standard InChI is InChI=1S/C16H25NOS/c1-16(2,3)15(13-7-5-4-6-8-13)17-14-9-11-19(18)12-10-14/h4-8,14-15,17H,9-12H2,1-3H3. The Morgan fingerprint density at radius 3 is 2.26 bits per heavy atom. The van der Waals surface area contributed by atoms with Gasteiger partial charge in [-0.25, -0.2) is 0 Å². The molecule has 1 heterocycles. The molecule has 1 aliphatic heterocycles. The Bertz CT molecular complexity index is 414. The van der Waals surface area contributed by atoms with Gasteiger partial charge in [-0.1, -0.05) is 51.1 Å². The molecule has 0 saturated carbocycles. The van der Waals surface area contributed by atoms with Crippen LogP contribution in [0.2, 0.25) is 0 Å². The number of benzene rings is 1. The van der Waals surface area contributed by atoms with Gasteiger partial charge < -0.3 is 5.32 Å². The van der Waals surface area contributed by atoms with Crippen LogP contribution in [0.5, 0.6) is 0 Å². The van der Waals surface area contributed by atoms with E-state index in [1.165, 1.54) is 5.56 Å². The van der Waals surface area contributed by atoms with Crippen molar-refractivity contribution in [3.63, 3.8) is 0 Å². The highest BCUT2D eigenvalue weighted by molar-refractivity contribution is 7.85. The van der Waals surface area contributed by atoms with Crippen molar-refractivity contribution in [3.8, 4) is 0 Å². The summed E-state index contributed by atoms with van der Waals surface area (Å²) in [6.45, 7) is 6.83. The van der Waals surface area contributed by atoms with Gasteiger partial charge in [-0.3, -0.25) is 4.21 Å². The Morgan fingerprint density at radius 1 is 1.16 bits per heavy atom. The third-order valence-corrected chi connectivity index (χ3v) is 5.17. The molecular weight excluding hydrogens is 254 g/mol. The lowest BCUT2D eigenvalue weighted by atomic mass is 9.81. The minimum Gasteiger partial charge on any atom is -0.307 e. The third kappa shape index (κ3) is 4.15. The van der Waals surface area contributed by atoms with Gasteiger partial charge in [0.25, 0.3) is 0 Å². The Morgan fingerprint density at radius 2 is 1.74 bits per heavy atom. The average Bonchev–Trinajstić information content (AvgIpc) is 2.37. The summed E-state index contributed by atoms with van der Waals surface area (Å²) in [7, 11) is -0.581. The molecule has 2 nitrogen and oxygen atoms in total. The predicted molar refractivity (Wildman–Crippen MR) is 82.7 cm³/mol. The summed E-state index contributed by atoms with van der Waals surface area (Å²) >= 11 is 0. The monoisotopic (exact) mass is 279 g/mol. The van der Waals surface area contributed by atoms with Gasteiger partial charge in [0.05, 0.1) is 0 Å². The van der Waals surface area contributed by atoms with Crippen molar-refractivity contribution >= 4 is 10.8 Å². The minimum absolute atomic E-state index is 0.179. The average molecular weight is 279 g/mol. The number of hydrogen-bond donors (Lipinski definition) is 1. The van der Waals surface area contributed by atoms with E-state index >= 15 is 0 Å². The van der Waals surface area contributed by atoms with Crippen LogP contribution in [-0.2, 0) is 10.8 Å². The largest absolute Gasteiger partial charge is 0.307 e. The fraction of sp³-hybridized carbons (Fsp3) is 0.625. The van der Waals surface area contributed by atoms with Crippen LogP contribution in [0.15, 0.2) is 30.3 Å². The normalized spacial score (nSPS) is 26.1. The summed E-state index contributed by atoms with van der Waals surface area (Å²) in [6, 6.07) is 11.5. The topological polar surface area (TPSA) is 29.1 Å². The van der Waals surface area contributed by atoms with Gasteiger partial charge in [-0.2, -0.15) is 0 Å². The van der Waals surface area contributed by atoms with E-state index < -0.39 is 10.8 Å². The summed E-state index contributed by atoms with van der Waals surface area (Å²) in [5, 5.41) is 3.80. The third-order valence-electron chi connectivity index (χ3n) is 3.79. The Labute approximate surface area is 119 Å². The molecule has 1 saturated heterocycles. The summed E-state index contributed by atoms with van der Waals surface area (Å²) in [5.74, 6) is 1.70. The molecule has 2 rings (SSSR count). The first-order chi connectivity index (χ1) is 8.97. The highest BCUT2D eigenvalue weighted by Crippen LogP contribution is 2.33. The maximum absolute atomic E-state index is 11.4. The molecule has 0 spiro atoms. The lowest BCUT2D eigenvalue weighted by Crippen LogP contribution is -2.42. The maximum atomic E-state index is 11.4. The van der Waals surface area contributed by atoms with E-state index in [4.69, 9.17) is 0 Å². The Balaban J connectivity index is 2.09. The fourth-order valence-electron chi connectivity index (χ4n) is 2.69. The van der Waals surface area contributed by atoms with E-state index in [0.29, 0.717) is 12.1 Å². The van der Waals surface area contributed by atoms with Crippen LogP contribution in [-0.4, -0.2) is 21.8 Å². The first-order valence-corrected chi connectivity index (χ1v) is 8.61. The van der Waals surface area contributed by atoms with E-state index in [2.05, 4.69) is 56.4 Å². The lowest BCUT2D eigenvalue weighted by Gasteiger charge is -2.36. The van der Waals surface area contributed by atoms with Gasteiger partial charge in [0.1, 0.15) is 0 Å². The number of hydrogen-bond acceptors (Lipinski definition) is 2. The molecule has 0 aromatic heterocycles. The van der Waals surface area contributed by atoms with Crippen LogP contribution in [0.3, 0.4) is 0 Å². The molecule has 1 fully saturated rings. The molecule has 19 heavy (non-hydrogen) atoms. The predicted octanol–water partition coefficient (Wildman–Crippen LogP) is 3.27. The lowest BCUT2D eigenvalue weighted by molar-refractivity contribution is 0.243. The zero-order chi connectivity index (χ0) is 13.9. The van der Waals surface area contributed by atoms with Crippen molar-refractivity contribution in [3.05, 3.63) is 35.9 Å². The quantitative estimate of drug-likeness (QED) is 0.920. The zero-order valence-electron chi connectivity index (χ0n) is 12.2. The molecule has 1 aliphatic rings. The van der Waals surface area contributed by atoms with E-state index in [0.717, 1.165) is 24.3 Å². The minimum atomic E-state index is -0.581. The van der Waals surface area contributed by atoms with Crippen molar-refractivity contribution in [2.24, 2.45) is 5.41 Å². The van der Waals surface area contributed by atoms with Crippen molar-refractivity contribution in [2.75, 3.05) is 11.5 Å². The van der Waals surface area contributed by atoms with E-state index in [9.17, 15) is 4.21 Å². The highest BCUT2D eigenvalue weighted by Gasteiger charge is 2.29. The molecule has 0 bridgehead atoms. The molecule has 1 aromatic carbocycles. The molecular formula is C16H25NOS. The first kappa shape index (κ1) is 14.7. The molecule has 3 heteroatoms. The Kier molecular flexibility index (Phi) is 4.80. The molecule has 1 aromatic rings. The molecule has 0 amide bonds. The second-order valence-electron chi connectivity index (χ2n) is 6.50. The van der Waals surface area contributed by atoms with Gasteiger partial charge >= 0.3 is 0 Å². The number of nitrogens with one attached hydrogen (secondary N) is 1. The molecule has 0 aliphatic carbocycles. The van der Waals surface area contributed by atoms with Crippen LogP contribution in [0.4, 0.5) is 0 Å². The summed E-state index contributed by atoms with van der Waals surface area (Å²) in [6.07, 6.45) is 2.07. The molecule has 1 N–H and O–H groups in total. The summed E-state index contributed by atoms with van der Waals surface area (Å²) in [4.78, 5) is 0. The molecule has 1 atom stereocenters. The van der Waals surface area contributed by atoms with Crippen LogP contribution < -0.4 is 5.32 Å². The molecule has 106 valence electrons. The second-order valence-corrected chi connectivity index (χ2v) is 8.19. The number of rotatable bonds is 3.